The van der Waals surface area contributed by atoms with Gasteiger partial charge >= 0.3 is 0 Å². The first-order chi connectivity index (χ1) is 11.6. The Bertz CT molecular complexity index is 869. The van der Waals surface area contributed by atoms with Crippen molar-refractivity contribution in [1.82, 2.24) is 5.43 Å². The quantitative estimate of drug-likeness (QED) is 0.563. The topological polar surface area (TPSA) is 63.8 Å². The van der Waals surface area contributed by atoms with Crippen molar-refractivity contribution < 1.29 is 13.9 Å². The fourth-order valence-electron chi connectivity index (χ4n) is 2.10. The van der Waals surface area contributed by atoms with Crippen LogP contribution in [0.1, 0.15) is 12.7 Å². The second-order valence-corrected chi connectivity index (χ2v) is 5.51. The van der Waals surface area contributed by atoms with Crippen molar-refractivity contribution >= 4 is 34.2 Å². The van der Waals surface area contributed by atoms with Gasteiger partial charge in [-0.3, -0.25) is 4.79 Å². The van der Waals surface area contributed by atoms with Gasteiger partial charge in [0.05, 0.1) is 5.02 Å². The molecule has 0 aliphatic rings. The van der Waals surface area contributed by atoms with Gasteiger partial charge in [0, 0.05) is 5.39 Å². The molecule has 1 N–H and O–H groups in total. The number of rotatable bonds is 5. The van der Waals surface area contributed by atoms with Crippen LogP contribution in [0.25, 0.3) is 11.0 Å². The normalized spacial score (nSPS) is 11.5. The molecule has 0 fully saturated rings. The van der Waals surface area contributed by atoms with Crippen molar-refractivity contribution in [2.24, 2.45) is 5.10 Å². The molecular weight excluding hydrogens is 328 g/mol. The maximum Gasteiger partial charge on any atom is 0.277 e. The molecule has 0 bridgehead atoms. The number of nitrogens with one attached hydrogen (secondary N) is 1. The summed E-state index contributed by atoms with van der Waals surface area (Å²) in [5.74, 6) is 0.668. The standard InChI is InChI=1S/C18H15ClN2O3/c1-12(17-10-13-6-2-4-8-15(13)24-17)20-21-18(22)11-23-16-9-5-3-7-14(16)19/h2-10H,11H2,1H3,(H,21,22)/b20-12+. The molecule has 5 nitrogen and oxygen atoms in total. The fourth-order valence-corrected chi connectivity index (χ4v) is 2.29. The van der Waals surface area contributed by atoms with Crippen LogP contribution in [0.15, 0.2) is 64.1 Å². The molecule has 3 rings (SSSR count). The Kier molecular flexibility index (Phi) is 4.82. The molecule has 0 unspecified atom stereocenters. The molecule has 0 radical (unpaired) electrons. The van der Waals surface area contributed by atoms with Gasteiger partial charge in [-0.2, -0.15) is 5.10 Å². The molecule has 0 atom stereocenters. The lowest BCUT2D eigenvalue weighted by molar-refractivity contribution is -0.123. The Morgan fingerprint density at radius 1 is 1.21 bits per heavy atom. The number of nitrogens with zero attached hydrogens (tertiary/aromatic N) is 1. The Labute approximate surface area is 143 Å². The Hall–Kier alpha value is -2.79. The molecule has 1 heterocycles. The first-order valence-corrected chi connectivity index (χ1v) is 7.70. The van der Waals surface area contributed by atoms with Crippen molar-refractivity contribution in [3.05, 3.63) is 65.4 Å². The third-order valence-electron chi connectivity index (χ3n) is 3.33. The number of hydrogen-bond acceptors (Lipinski definition) is 4. The van der Waals surface area contributed by atoms with Crippen molar-refractivity contribution in [3.8, 4) is 5.75 Å². The Balaban J connectivity index is 1.60. The number of ether oxygens (including phenoxy) is 1. The molecule has 24 heavy (non-hydrogen) atoms. The lowest BCUT2D eigenvalue weighted by Crippen LogP contribution is -2.25. The van der Waals surface area contributed by atoms with Crippen LogP contribution in [0.3, 0.4) is 0 Å². The van der Waals surface area contributed by atoms with Gasteiger partial charge in [-0.1, -0.05) is 41.9 Å². The molecule has 1 amide bonds. The summed E-state index contributed by atoms with van der Waals surface area (Å²) in [5, 5.41) is 5.47. The van der Waals surface area contributed by atoms with Gasteiger partial charge in [-0.25, -0.2) is 5.43 Å². The highest BCUT2D eigenvalue weighted by Crippen LogP contribution is 2.22. The van der Waals surface area contributed by atoms with E-state index in [2.05, 4.69) is 10.5 Å². The predicted octanol–water partition coefficient (Wildman–Crippen LogP) is 4.01. The number of hydrogen-bond donors (Lipinski definition) is 1. The highest BCUT2D eigenvalue weighted by atomic mass is 35.5. The number of para-hydroxylation sites is 2. The second kappa shape index (κ2) is 7.19. The molecule has 0 saturated heterocycles. The summed E-state index contributed by atoms with van der Waals surface area (Å²) >= 11 is 5.96. The molecule has 122 valence electrons. The number of hydrazone groups is 1. The van der Waals surface area contributed by atoms with E-state index in [1.165, 1.54) is 0 Å². The van der Waals surface area contributed by atoms with E-state index in [0.717, 1.165) is 11.0 Å². The molecule has 6 heteroatoms. The number of halogens is 1. The summed E-state index contributed by atoms with van der Waals surface area (Å²) in [4.78, 5) is 11.8. The van der Waals surface area contributed by atoms with Gasteiger partial charge in [-0.15, -0.1) is 0 Å². The average molecular weight is 343 g/mol. The summed E-state index contributed by atoms with van der Waals surface area (Å²) in [6, 6.07) is 16.5. The summed E-state index contributed by atoms with van der Waals surface area (Å²) in [5.41, 5.74) is 3.78. The first kappa shape index (κ1) is 16.1. The number of furan rings is 1. The number of benzene rings is 2. The number of carbonyl (C=O) groups is 1. The molecule has 0 aliphatic carbocycles. The third-order valence-corrected chi connectivity index (χ3v) is 3.64. The zero-order valence-electron chi connectivity index (χ0n) is 13.0. The molecule has 0 aliphatic heterocycles. The van der Waals surface area contributed by atoms with E-state index < -0.39 is 0 Å². The van der Waals surface area contributed by atoms with Crippen LogP contribution in [-0.2, 0) is 4.79 Å². The molecule has 0 spiro atoms. The molecule has 1 aromatic heterocycles. The maximum atomic E-state index is 11.8. The van der Waals surface area contributed by atoms with Gasteiger partial charge in [0.25, 0.3) is 5.91 Å². The summed E-state index contributed by atoms with van der Waals surface area (Å²) in [7, 11) is 0. The van der Waals surface area contributed by atoms with Crippen LogP contribution in [-0.4, -0.2) is 18.2 Å². The third kappa shape index (κ3) is 3.75. The highest BCUT2D eigenvalue weighted by Gasteiger charge is 2.08. The SMILES string of the molecule is C/C(=N\NC(=O)COc1ccccc1Cl)c1cc2ccccc2o1. The summed E-state index contributed by atoms with van der Waals surface area (Å²) in [6.07, 6.45) is 0. The zero-order chi connectivity index (χ0) is 16.9. The molecule has 3 aromatic rings. The van der Waals surface area contributed by atoms with Crippen molar-refractivity contribution in [1.29, 1.82) is 0 Å². The maximum absolute atomic E-state index is 11.8. The molecule has 0 saturated carbocycles. The van der Waals surface area contributed by atoms with Crippen LogP contribution < -0.4 is 10.2 Å². The van der Waals surface area contributed by atoms with Gasteiger partial charge in [0.2, 0.25) is 0 Å². The van der Waals surface area contributed by atoms with E-state index in [0.29, 0.717) is 22.2 Å². The smallest absolute Gasteiger partial charge is 0.277 e. The van der Waals surface area contributed by atoms with Gasteiger partial charge in [0.1, 0.15) is 17.0 Å². The highest BCUT2D eigenvalue weighted by molar-refractivity contribution is 6.32. The largest absolute Gasteiger partial charge is 0.482 e. The van der Waals surface area contributed by atoms with Crippen molar-refractivity contribution in [2.45, 2.75) is 6.92 Å². The number of carbonyl (C=O) groups excluding carboxylic acids is 1. The van der Waals surface area contributed by atoms with Gasteiger partial charge in [0.15, 0.2) is 12.4 Å². The number of amides is 1. The van der Waals surface area contributed by atoms with E-state index >= 15 is 0 Å². The van der Waals surface area contributed by atoms with Gasteiger partial charge in [-0.05, 0) is 31.2 Å². The Morgan fingerprint density at radius 3 is 2.75 bits per heavy atom. The first-order valence-electron chi connectivity index (χ1n) is 7.33. The van der Waals surface area contributed by atoms with E-state index in [1.807, 2.05) is 30.3 Å². The van der Waals surface area contributed by atoms with E-state index in [4.69, 9.17) is 20.8 Å². The summed E-state index contributed by atoms with van der Waals surface area (Å²) in [6.45, 7) is 1.58. The molecule has 2 aromatic carbocycles. The fraction of sp³-hybridized carbons (Fsp3) is 0.111. The summed E-state index contributed by atoms with van der Waals surface area (Å²) < 4.78 is 11.0. The second-order valence-electron chi connectivity index (χ2n) is 5.10. The minimum atomic E-state index is -0.384. The van der Waals surface area contributed by atoms with E-state index in [-0.39, 0.29) is 12.5 Å². The number of fused-ring (bicyclic) bond motifs is 1. The minimum Gasteiger partial charge on any atom is -0.482 e. The Morgan fingerprint density at radius 2 is 1.96 bits per heavy atom. The van der Waals surface area contributed by atoms with E-state index in [9.17, 15) is 4.79 Å². The predicted molar refractivity (Wildman–Crippen MR) is 93.5 cm³/mol. The zero-order valence-corrected chi connectivity index (χ0v) is 13.7. The van der Waals surface area contributed by atoms with Crippen molar-refractivity contribution in [3.63, 3.8) is 0 Å². The van der Waals surface area contributed by atoms with E-state index in [1.54, 1.807) is 31.2 Å². The molecular formula is C18H15ClN2O3. The van der Waals surface area contributed by atoms with Crippen LogP contribution in [0.4, 0.5) is 0 Å². The van der Waals surface area contributed by atoms with Crippen LogP contribution >= 0.6 is 11.6 Å². The lowest BCUT2D eigenvalue weighted by atomic mass is 10.2. The lowest BCUT2D eigenvalue weighted by Gasteiger charge is -2.06. The average Bonchev–Trinajstić information content (AvgIpc) is 3.03. The van der Waals surface area contributed by atoms with Crippen LogP contribution in [0.2, 0.25) is 5.02 Å². The van der Waals surface area contributed by atoms with Crippen LogP contribution in [0.5, 0.6) is 5.75 Å². The monoisotopic (exact) mass is 342 g/mol. The van der Waals surface area contributed by atoms with Crippen molar-refractivity contribution in [2.75, 3.05) is 6.61 Å². The minimum absolute atomic E-state index is 0.180. The van der Waals surface area contributed by atoms with Crippen LogP contribution in [0, 0.1) is 0 Å². The van der Waals surface area contributed by atoms with Gasteiger partial charge < -0.3 is 9.15 Å².